The molecule has 2 rings (SSSR count). The first kappa shape index (κ1) is 15.3. The fourth-order valence-electron chi connectivity index (χ4n) is 2.61. The maximum atomic E-state index is 5.39. The molecule has 0 atom stereocenters. The second-order valence-corrected chi connectivity index (χ2v) is 5.19. The number of hydrogen-bond donors (Lipinski definition) is 1. The highest BCUT2D eigenvalue weighted by Gasteiger charge is 2.15. The van der Waals surface area contributed by atoms with E-state index >= 15 is 0 Å². The molecule has 0 saturated heterocycles. The maximum absolute atomic E-state index is 5.39. The molecule has 21 heavy (non-hydrogen) atoms. The van der Waals surface area contributed by atoms with Crippen molar-refractivity contribution in [3.63, 3.8) is 0 Å². The first-order chi connectivity index (χ1) is 10.1. The zero-order chi connectivity index (χ0) is 15.4. The Morgan fingerprint density at radius 2 is 1.90 bits per heavy atom. The van der Waals surface area contributed by atoms with Gasteiger partial charge in [-0.25, -0.2) is 9.97 Å². The van der Waals surface area contributed by atoms with E-state index in [1.807, 2.05) is 7.05 Å². The summed E-state index contributed by atoms with van der Waals surface area (Å²) in [6.45, 7) is 6.32. The van der Waals surface area contributed by atoms with E-state index in [4.69, 9.17) is 4.74 Å². The predicted molar refractivity (Wildman–Crippen MR) is 87.0 cm³/mol. The van der Waals surface area contributed by atoms with Crippen molar-refractivity contribution in [2.24, 2.45) is 0 Å². The van der Waals surface area contributed by atoms with Crippen molar-refractivity contribution in [1.82, 2.24) is 9.97 Å². The predicted octanol–water partition coefficient (Wildman–Crippen LogP) is 3.76. The van der Waals surface area contributed by atoms with E-state index in [0.717, 1.165) is 46.8 Å². The first-order valence-corrected chi connectivity index (χ1v) is 7.29. The Morgan fingerprint density at radius 1 is 1.14 bits per heavy atom. The lowest BCUT2D eigenvalue weighted by Crippen LogP contribution is -2.04. The Kier molecular flexibility index (Phi) is 4.78. The van der Waals surface area contributed by atoms with Gasteiger partial charge < -0.3 is 10.1 Å². The molecule has 0 aliphatic rings. The summed E-state index contributed by atoms with van der Waals surface area (Å²) < 4.78 is 5.39. The largest absolute Gasteiger partial charge is 0.496 e. The smallest absolute Gasteiger partial charge is 0.132 e. The second kappa shape index (κ2) is 6.57. The molecule has 112 valence electrons. The number of aromatic nitrogens is 2. The minimum atomic E-state index is 0.912. The number of benzene rings is 1. The fourth-order valence-corrected chi connectivity index (χ4v) is 2.61. The number of methoxy groups -OCH3 is 1. The highest BCUT2D eigenvalue weighted by molar-refractivity contribution is 5.72. The van der Waals surface area contributed by atoms with Crippen molar-refractivity contribution in [1.29, 1.82) is 0 Å². The lowest BCUT2D eigenvalue weighted by Gasteiger charge is -2.15. The summed E-state index contributed by atoms with van der Waals surface area (Å²) in [5.41, 5.74) is 5.62. The summed E-state index contributed by atoms with van der Waals surface area (Å²) in [5, 5.41) is 3.17. The molecule has 0 spiro atoms. The number of hydrogen-bond acceptors (Lipinski definition) is 4. The van der Waals surface area contributed by atoms with Gasteiger partial charge >= 0.3 is 0 Å². The van der Waals surface area contributed by atoms with Crippen LogP contribution >= 0.6 is 0 Å². The molecule has 0 radical (unpaired) electrons. The molecule has 2 aromatic rings. The van der Waals surface area contributed by atoms with E-state index in [2.05, 4.69) is 48.2 Å². The monoisotopic (exact) mass is 285 g/mol. The van der Waals surface area contributed by atoms with E-state index in [-0.39, 0.29) is 0 Å². The Morgan fingerprint density at radius 3 is 2.52 bits per heavy atom. The van der Waals surface area contributed by atoms with Gasteiger partial charge in [0.1, 0.15) is 17.9 Å². The van der Waals surface area contributed by atoms with Crippen LogP contribution < -0.4 is 10.1 Å². The van der Waals surface area contributed by atoms with Crippen molar-refractivity contribution in [2.75, 3.05) is 19.5 Å². The molecule has 0 saturated carbocycles. The Balaban J connectivity index is 2.64. The Bertz CT molecular complexity index is 638. The fraction of sp³-hybridized carbons (Fsp3) is 0.412. The molecular weight excluding hydrogens is 262 g/mol. The van der Waals surface area contributed by atoms with Gasteiger partial charge in [-0.05, 0) is 43.5 Å². The summed E-state index contributed by atoms with van der Waals surface area (Å²) in [6.07, 6.45) is 3.64. The van der Waals surface area contributed by atoms with Gasteiger partial charge in [-0.3, -0.25) is 0 Å². The van der Waals surface area contributed by atoms with Crippen LogP contribution in [0.1, 0.15) is 30.0 Å². The first-order valence-electron chi connectivity index (χ1n) is 7.29. The lowest BCUT2D eigenvalue weighted by molar-refractivity contribution is 0.411. The van der Waals surface area contributed by atoms with Crippen LogP contribution in [0.3, 0.4) is 0 Å². The quantitative estimate of drug-likeness (QED) is 0.908. The SMILES string of the molecule is CCCc1c(NC)ncnc1-c1cc(C)c(OC)cc1C. The number of aryl methyl sites for hydroxylation is 2. The second-order valence-electron chi connectivity index (χ2n) is 5.19. The van der Waals surface area contributed by atoms with Gasteiger partial charge in [-0.15, -0.1) is 0 Å². The molecule has 1 aromatic heterocycles. The van der Waals surface area contributed by atoms with Gasteiger partial charge in [0, 0.05) is 18.2 Å². The molecule has 4 heteroatoms. The van der Waals surface area contributed by atoms with E-state index < -0.39 is 0 Å². The summed E-state index contributed by atoms with van der Waals surface area (Å²) in [4.78, 5) is 8.88. The third-order valence-corrected chi connectivity index (χ3v) is 3.68. The topological polar surface area (TPSA) is 47.0 Å². The average molecular weight is 285 g/mol. The molecule has 1 N–H and O–H groups in total. The van der Waals surface area contributed by atoms with Gasteiger partial charge in [0.05, 0.1) is 12.8 Å². The normalized spacial score (nSPS) is 10.5. The third-order valence-electron chi connectivity index (χ3n) is 3.68. The minimum absolute atomic E-state index is 0.912. The lowest BCUT2D eigenvalue weighted by atomic mass is 9.97. The third kappa shape index (κ3) is 2.99. The summed E-state index contributed by atoms with van der Waals surface area (Å²) in [5.74, 6) is 1.82. The van der Waals surface area contributed by atoms with Crippen LogP contribution in [0.25, 0.3) is 11.3 Å². The van der Waals surface area contributed by atoms with E-state index in [1.54, 1.807) is 13.4 Å². The zero-order valence-electron chi connectivity index (χ0n) is 13.4. The van der Waals surface area contributed by atoms with Gasteiger partial charge in [0.2, 0.25) is 0 Å². The van der Waals surface area contributed by atoms with Crippen molar-refractivity contribution in [3.8, 4) is 17.0 Å². The number of nitrogens with one attached hydrogen (secondary N) is 1. The highest BCUT2D eigenvalue weighted by Crippen LogP contribution is 2.33. The average Bonchev–Trinajstić information content (AvgIpc) is 2.49. The maximum Gasteiger partial charge on any atom is 0.132 e. The Hall–Kier alpha value is -2.10. The standard InChI is InChI=1S/C17H23N3O/c1-6-7-13-16(19-10-20-17(13)18-4)14-8-12(3)15(21-5)9-11(14)2/h8-10H,6-7H2,1-5H3,(H,18,19,20). The van der Waals surface area contributed by atoms with Crippen LogP contribution in [0.2, 0.25) is 0 Å². The minimum Gasteiger partial charge on any atom is -0.496 e. The van der Waals surface area contributed by atoms with Crippen LogP contribution in [-0.2, 0) is 6.42 Å². The van der Waals surface area contributed by atoms with Crippen LogP contribution in [0.5, 0.6) is 5.75 Å². The van der Waals surface area contributed by atoms with E-state index in [0.29, 0.717) is 0 Å². The molecule has 1 heterocycles. The van der Waals surface area contributed by atoms with Gasteiger partial charge in [0.15, 0.2) is 0 Å². The molecule has 1 aromatic carbocycles. The summed E-state index contributed by atoms with van der Waals surface area (Å²) in [7, 11) is 3.60. The van der Waals surface area contributed by atoms with Gasteiger partial charge in [0.25, 0.3) is 0 Å². The van der Waals surface area contributed by atoms with Crippen molar-refractivity contribution < 1.29 is 4.74 Å². The molecule has 4 nitrogen and oxygen atoms in total. The molecule has 0 amide bonds. The Labute approximate surface area is 126 Å². The van der Waals surface area contributed by atoms with Crippen molar-refractivity contribution in [2.45, 2.75) is 33.6 Å². The molecule has 0 fully saturated rings. The number of anilines is 1. The summed E-state index contributed by atoms with van der Waals surface area (Å²) >= 11 is 0. The molecule has 0 aliphatic carbocycles. The van der Waals surface area contributed by atoms with Crippen LogP contribution in [-0.4, -0.2) is 24.1 Å². The zero-order valence-corrected chi connectivity index (χ0v) is 13.4. The number of ether oxygens (including phenoxy) is 1. The van der Waals surface area contributed by atoms with E-state index in [1.165, 1.54) is 5.56 Å². The van der Waals surface area contributed by atoms with E-state index in [9.17, 15) is 0 Å². The van der Waals surface area contributed by atoms with Crippen LogP contribution in [0.4, 0.5) is 5.82 Å². The molecule has 0 unspecified atom stereocenters. The molecular formula is C17H23N3O. The van der Waals surface area contributed by atoms with Gasteiger partial charge in [-0.1, -0.05) is 13.3 Å². The van der Waals surface area contributed by atoms with Crippen molar-refractivity contribution >= 4 is 5.82 Å². The van der Waals surface area contributed by atoms with Gasteiger partial charge in [-0.2, -0.15) is 0 Å². The summed E-state index contributed by atoms with van der Waals surface area (Å²) in [6, 6.07) is 4.22. The highest BCUT2D eigenvalue weighted by atomic mass is 16.5. The number of rotatable bonds is 5. The van der Waals surface area contributed by atoms with Crippen LogP contribution in [0.15, 0.2) is 18.5 Å². The van der Waals surface area contributed by atoms with Crippen molar-refractivity contribution in [3.05, 3.63) is 35.2 Å². The number of nitrogens with zero attached hydrogens (tertiary/aromatic N) is 2. The van der Waals surface area contributed by atoms with Crippen LogP contribution in [0, 0.1) is 13.8 Å². The molecule has 0 aliphatic heterocycles. The molecule has 0 bridgehead atoms.